The first kappa shape index (κ1) is 16.4. The number of hydrogen-bond acceptors (Lipinski definition) is 5. The zero-order chi connectivity index (χ0) is 18.2. The van der Waals surface area contributed by atoms with E-state index in [0.717, 1.165) is 25.8 Å². The van der Waals surface area contributed by atoms with Gasteiger partial charge in [0.1, 0.15) is 11.8 Å². The third-order valence-electron chi connectivity index (χ3n) is 5.37. The van der Waals surface area contributed by atoms with E-state index in [0.29, 0.717) is 23.6 Å². The molecule has 6 nitrogen and oxygen atoms in total. The molecule has 3 heterocycles. The normalized spacial score (nSPS) is 21.7. The highest BCUT2D eigenvalue weighted by Crippen LogP contribution is 2.33. The van der Waals surface area contributed by atoms with Gasteiger partial charge in [-0.05, 0) is 30.4 Å². The zero-order valence-corrected chi connectivity index (χ0v) is 14.8. The van der Waals surface area contributed by atoms with Crippen LogP contribution in [0.25, 0.3) is 17.2 Å². The molecule has 27 heavy (non-hydrogen) atoms. The summed E-state index contributed by atoms with van der Waals surface area (Å²) in [5, 5.41) is 0. The minimum atomic E-state index is -0.635. The van der Waals surface area contributed by atoms with Gasteiger partial charge in [0.05, 0.1) is 18.8 Å². The molecule has 1 fully saturated rings. The van der Waals surface area contributed by atoms with Crippen LogP contribution in [0.4, 0.5) is 10.2 Å². The van der Waals surface area contributed by atoms with Gasteiger partial charge >= 0.3 is 0 Å². The average Bonchev–Trinajstić information content (AvgIpc) is 3.31. The minimum absolute atomic E-state index is 0.0728. The monoisotopic (exact) mass is 365 g/mol. The lowest BCUT2D eigenvalue weighted by atomic mass is 9.95. The lowest BCUT2D eigenvalue weighted by Gasteiger charge is -2.29. The Hall–Kier alpha value is -2.80. The number of nitrogens with one attached hydrogen (secondary N) is 1. The van der Waals surface area contributed by atoms with Crippen molar-refractivity contribution in [2.75, 3.05) is 18.1 Å². The van der Waals surface area contributed by atoms with E-state index in [1.807, 2.05) is 6.07 Å². The maximum atomic E-state index is 13.5. The Kier molecular flexibility index (Phi) is 4.09. The number of imidazole rings is 1. The topological polar surface area (TPSA) is 66.9 Å². The summed E-state index contributed by atoms with van der Waals surface area (Å²) >= 11 is 0. The van der Waals surface area contributed by atoms with Crippen molar-refractivity contribution in [3.8, 4) is 0 Å². The third kappa shape index (κ3) is 2.98. The van der Waals surface area contributed by atoms with Gasteiger partial charge in [-0.3, -0.25) is 0 Å². The Morgan fingerprint density at radius 2 is 2.19 bits per heavy atom. The molecule has 0 spiro atoms. The van der Waals surface area contributed by atoms with Crippen LogP contribution in [0.1, 0.15) is 36.5 Å². The van der Waals surface area contributed by atoms with Gasteiger partial charge in [-0.2, -0.15) is 9.37 Å². The number of anilines is 1. The highest BCUT2D eigenvalue weighted by molar-refractivity contribution is 5.83. The molecule has 0 amide bonds. The molecule has 1 aliphatic heterocycles. The highest BCUT2D eigenvalue weighted by Gasteiger charge is 2.29. The quantitative estimate of drug-likeness (QED) is 0.715. The van der Waals surface area contributed by atoms with Gasteiger partial charge in [0, 0.05) is 6.54 Å². The summed E-state index contributed by atoms with van der Waals surface area (Å²) in [7, 11) is 0. The van der Waals surface area contributed by atoms with Crippen molar-refractivity contribution in [3.63, 3.8) is 0 Å². The van der Waals surface area contributed by atoms with Crippen molar-refractivity contribution >= 4 is 23.1 Å². The summed E-state index contributed by atoms with van der Waals surface area (Å²) in [6.45, 7) is 1.47. The first-order valence-electron chi connectivity index (χ1n) is 9.29. The lowest BCUT2D eigenvalue weighted by Crippen LogP contribution is -2.34. The standard InChI is InChI=1S/C20H20FN5O/c21-20-24-17-18(25-20)22-12-23-19(17)26-10-4-7-14(26)11-27-16-9-3-6-13-5-1-2-8-15(13)16/h1-3,5-6,8,12,14,16H,4,7,9-11H2,(H,22,23,24,25). The van der Waals surface area contributed by atoms with Crippen LogP contribution in [-0.2, 0) is 4.74 Å². The van der Waals surface area contributed by atoms with E-state index >= 15 is 0 Å². The molecule has 3 aromatic rings. The van der Waals surface area contributed by atoms with E-state index in [9.17, 15) is 4.39 Å². The van der Waals surface area contributed by atoms with E-state index in [1.165, 1.54) is 17.5 Å². The molecule has 2 atom stereocenters. The number of ether oxygens (including phenoxy) is 1. The molecule has 2 aromatic heterocycles. The van der Waals surface area contributed by atoms with Crippen molar-refractivity contribution in [1.29, 1.82) is 0 Å². The van der Waals surface area contributed by atoms with Crippen molar-refractivity contribution in [3.05, 3.63) is 53.9 Å². The number of halogens is 1. The molecule has 7 heteroatoms. The average molecular weight is 365 g/mol. The Balaban J connectivity index is 1.36. The second-order valence-electron chi connectivity index (χ2n) is 7.00. The molecule has 0 saturated carbocycles. The molecular weight excluding hydrogens is 345 g/mol. The van der Waals surface area contributed by atoms with Crippen LogP contribution in [0.5, 0.6) is 0 Å². The first-order valence-corrected chi connectivity index (χ1v) is 9.29. The smallest absolute Gasteiger partial charge is 0.289 e. The van der Waals surface area contributed by atoms with E-state index in [2.05, 4.69) is 55.2 Å². The maximum Gasteiger partial charge on any atom is 0.289 e. The molecule has 1 aromatic carbocycles. The van der Waals surface area contributed by atoms with Crippen LogP contribution in [0.2, 0.25) is 0 Å². The highest BCUT2D eigenvalue weighted by atomic mass is 19.1. The maximum absolute atomic E-state index is 13.5. The number of benzene rings is 1. The molecule has 0 radical (unpaired) electrons. The fraction of sp³-hybridized carbons (Fsp3) is 0.350. The Labute approximate surface area is 156 Å². The van der Waals surface area contributed by atoms with E-state index in [-0.39, 0.29) is 12.1 Å². The summed E-state index contributed by atoms with van der Waals surface area (Å²) in [5.74, 6) is 0.700. The molecule has 5 rings (SSSR count). The molecule has 2 aliphatic rings. The van der Waals surface area contributed by atoms with Crippen molar-refractivity contribution in [2.24, 2.45) is 0 Å². The summed E-state index contributed by atoms with van der Waals surface area (Å²) < 4.78 is 19.9. The van der Waals surface area contributed by atoms with Crippen molar-refractivity contribution < 1.29 is 9.13 Å². The summed E-state index contributed by atoms with van der Waals surface area (Å²) in [5.41, 5.74) is 3.37. The first-order chi connectivity index (χ1) is 13.3. The minimum Gasteiger partial charge on any atom is -0.371 e. The number of fused-ring (bicyclic) bond motifs is 2. The van der Waals surface area contributed by atoms with Gasteiger partial charge in [-0.1, -0.05) is 36.4 Å². The number of aromatic nitrogens is 4. The van der Waals surface area contributed by atoms with Gasteiger partial charge in [-0.25, -0.2) is 9.97 Å². The lowest BCUT2D eigenvalue weighted by molar-refractivity contribution is 0.0450. The van der Waals surface area contributed by atoms with Gasteiger partial charge < -0.3 is 14.6 Å². The van der Waals surface area contributed by atoms with Crippen LogP contribution >= 0.6 is 0 Å². The van der Waals surface area contributed by atoms with Crippen LogP contribution in [0, 0.1) is 6.08 Å². The molecule has 138 valence electrons. The van der Waals surface area contributed by atoms with Crippen molar-refractivity contribution in [2.45, 2.75) is 31.4 Å². The van der Waals surface area contributed by atoms with Crippen LogP contribution in [0.3, 0.4) is 0 Å². The molecular formula is C20H20FN5O. The predicted octanol–water partition coefficient (Wildman–Crippen LogP) is 3.64. The van der Waals surface area contributed by atoms with Gasteiger partial charge in [0.25, 0.3) is 6.08 Å². The third-order valence-corrected chi connectivity index (χ3v) is 5.37. The number of rotatable bonds is 4. The summed E-state index contributed by atoms with van der Waals surface area (Å²) in [4.78, 5) is 17.0. The van der Waals surface area contributed by atoms with E-state index in [1.54, 1.807) is 0 Å². The van der Waals surface area contributed by atoms with Crippen LogP contribution < -0.4 is 4.90 Å². The zero-order valence-electron chi connectivity index (χ0n) is 14.8. The molecule has 1 N–H and O–H groups in total. The summed E-state index contributed by atoms with van der Waals surface area (Å²) in [6, 6.07) is 8.56. The van der Waals surface area contributed by atoms with Crippen LogP contribution in [-0.4, -0.2) is 39.1 Å². The SMILES string of the molecule is Fc1nc2ncnc(N3CCCC3COC3CC=Cc4ccccc43)c2[nH]1. The molecule has 1 saturated heterocycles. The molecule has 1 aliphatic carbocycles. The van der Waals surface area contributed by atoms with Crippen molar-refractivity contribution in [1.82, 2.24) is 19.9 Å². The second-order valence-corrected chi connectivity index (χ2v) is 7.00. The van der Waals surface area contributed by atoms with Gasteiger partial charge in [-0.15, -0.1) is 0 Å². The molecule has 0 bridgehead atoms. The van der Waals surface area contributed by atoms with Gasteiger partial charge in [0.2, 0.25) is 0 Å². The molecule has 2 unspecified atom stereocenters. The number of aromatic amines is 1. The Morgan fingerprint density at radius 1 is 1.26 bits per heavy atom. The Bertz CT molecular complexity index is 1000. The fourth-order valence-corrected chi connectivity index (χ4v) is 4.08. The number of nitrogens with zero attached hydrogens (tertiary/aromatic N) is 4. The number of H-pyrrole nitrogens is 1. The Morgan fingerprint density at radius 3 is 3.15 bits per heavy atom. The summed E-state index contributed by atoms with van der Waals surface area (Å²) in [6.07, 6.45) is 8.16. The second kappa shape index (κ2) is 6.74. The van der Waals surface area contributed by atoms with E-state index in [4.69, 9.17) is 4.74 Å². The largest absolute Gasteiger partial charge is 0.371 e. The number of hydrogen-bond donors (Lipinski definition) is 1. The van der Waals surface area contributed by atoms with Gasteiger partial charge in [0.15, 0.2) is 11.5 Å². The predicted molar refractivity (Wildman–Crippen MR) is 101 cm³/mol. The van der Waals surface area contributed by atoms with Crippen LogP contribution in [0.15, 0.2) is 36.7 Å². The van der Waals surface area contributed by atoms with E-state index < -0.39 is 6.08 Å². The fourth-order valence-electron chi connectivity index (χ4n) is 4.08.